The van der Waals surface area contributed by atoms with Gasteiger partial charge in [0.2, 0.25) is 0 Å². The third kappa shape index (κ3) is 4.67. The summed E-state index contributed by atoms with van der Waals surface area (Å²) >= 11 is 4.80. The van der Waals surface area contributed by atoms with Gasteiger partial charge in [-0.05, 0) is 12.8 Å². The van der Waals surface area contributed by atoms with Crippen LogP contribution in [0.5, 0.6) is 0 Å². The monoisotopic (exact) mass is 204 g/mol. The number of carbonyl (C=O) groups excluding carboxylic acids is 1. The highest BCUT2D eigenvalue weighted by Gasteiger charge is 2.18. The van der Waals surface area contributed by atoms with Gasteiger partial charge in [0.25, 0.3) is 0 Å². The summed E-state index contributed by atoms with van der Waals surface area (Å²) in [5.41, 5.74) is 5.44. The minimum Gasteiger partial charge on any atom is -0.450 e. The molecule has 0 rings (SSSR count). The molecule has 0 fully saturated rings. The maximum atomic E-state index is 11.0. The summed E-state index contributed by atoms with van der Waals surface area (Å²) in [5, 5.41) is 2.59. The van der Waals surface area contributed by atoms with E-state index in [1.807, 2.05) is 13.8 Å². The van der Waals surface area contributed by atoms with Crippen molar-refractivity contribution in [2.75, 3.05) is 6.61 Å². The van der Waals surface area contributed by atoms with Crippen LogP contribution >= 0.6 is 12.2 Å². The average molecular weight is 204 g/mol. The third-order valence-electron chi connectivity index (χ3n) is 1.52. The number of nitrogens with one attached hydrogen (secondary N) is 1. The van der Waals surface area contributed by atoms with Gasteiger partial charge in [0, 0.05) is 0 Å². The summed E-state index contributed by atoms with van der Waals surface area (Å²) in [7, 11) is 0. The van der Waals surface area contributed by atoms with E-state index in [0.29, 0.717) is 6.61 Å². The SMILES string of the molecule is CCOC(=O)NC(C(N)=S)C(C)C. The molecule has 0 saturated carbocycles. The topological polar surface area (TPSA) is 64.3 Å². The summed E-state index contributed by atoms with van der Waals surface area (Å²) < 4.78 is 4.71. The van der Waals surface area contributed by atoms with Crippen molar-refractivity contribution in [3.05, 3.63) is 0 Å². The second-order valence-electron chi connectivity index (χ2n) is 2.99. The minimum atomic E-state index is -0.478. The molecule has 0 heterocycles. The van der Waals surface area contributed by atoms with Gasteiger partial charge in [-0.15, -0.1) is 0 Å². The molecule has 4 nitrogen and oxygen atoms in total. The van der Waals surface area contributed by atoms with Gasteiger partial charge in [-0.25, -0.2) is 4.79 Å². The van der Waals surface area contributed by atoms with Crippen LogP contribution in [-0.2, 0) is 4.74 Å². The van der Waals surface area contributed by atoms with E-state index in [2.05, 4.69) is 5.32 Å². The lowest BCUT2D eigenvalue weighted by molar-refractivity contribution is 0.148. The smallest absolute Gasteiger partial charge is 0.407 e. The van der Waals surface area contributed by atoms with Gasteiger partial charge < -0.3 is 15.8 Å². The lowest BCUT2D eigenvalue weighted by atomic mass is 10.1. The Morgan fingerprint density at radius 1 is 1.62 bits per heavy atom. The molecule has 76 valence electrons. The van der Waals surface area contributed by atoms with Crippen LogP contribution in [0.4, 0.5) is 4.79 Å². The Kier molecular flexibility index (Phi) is 5.37. The number of hydrogen-bond donors (Lipinski definition) is 2. The van der Waals surface area contributed by atoms with Gasteiger partial charge in [0.15, 0.2) is 0 Å². The van der Waals surface area contributed by atoms with E-state index >= 15 is 0 Å². The van der Waals surface area contributed by atoms with Gasteiger partial charge in [-0.3, -0.25) is 0 Å². The van der Waals surface area contributed by atoms with Crippen LogP contribution in [0.1, 0.15) is 20.8 Å². The molecular weight excluding hydrogens is 188 g/mol. The number of hydrogen-bond acceptors (Lipinski definition) is 3. The van der Waals surface area contributed by atoms with Crippen molar-refractivity contribution in [2.45, 2.75) is 26.8 Å². The number of amides is 1. The Bertz CT molecular complexity index is 195. The predicted octanol–water partition coefficient (Wildman–Crippen LogP) is 1.04. The molecule has 0 bridgehead atoms. The maximum Gasteiger partial charge on any atom is 0.407 e. The standard InChI is InChI=1S/C8H16N2O2S/c1-4-12-8(11)10-6(5(2)3)7(9)13/h5-6H,4H2,1-3H3,(H2,9,13)(H,10,11). The fraction of sp³-hybridized carbons (Fsp3) is 0.750. The molecule has 0 aliphatic heterocycles. The summed E-state index contributed by atoms with van der Waals surface area (Å²) in [5.74, 6) is 0.168. The minimum absolute atomic E-state index is 0.168. The third-order valence-corrected chi connectivity index (χ3v) is 1.78. The fourth-order valence-corrected chi connectivity index (χ4v) is 1.20. The first-order chi connectivity index (χ1) is 5.99. The molecule has 1 atom stereocenters. The Morgan fingerprint density at radius 3 is 2.46 bits per heavy atom. The molecule has 0 aliphatic carbocycles. The van der Waals surface area contributed by atoms with Crippen LogP contribution in [0.3, 0.4) is 0 Å². The first kappa shape index (κ1) is 12.2. The maximum absolute atomic E-state index is 11.0. The summed E-state index contributed by atoms with van der Waals surface area (Å²) in [6.45, 7) is 5.94. The van der Waals surface area contributed by atoms with E-state index in [0.717, 1.165) is 0 Å². The van der Waals surface area contributed by atoms with Gasteiger partial charge in [0.05, 0.1) is 17.6 Å². The molecule has 13 heavy (non-hydrogen) atoms. The van der Waals surface area contributed by atoms with Crippen molar-refractivity contribution in [1.82, 2.24) is 5.32 Å². The van der Waals surface area contributed by atoms with Crippen molar-refractivity contribution in [2.24, 2.45) is 11.7 Å². The van der Waals surface area contributed by atoms with Crippen molar-refractivity contribution in [3.63, 3.8) is 0 Å². The number of rotatable bonds is 4. The van der Waals surface area contributed by atoms with E-state index in [-0.39, 0.29) is 16.9 Å². The molecule has 5 heteroatoms. The number of ether oxygens (including phenoxy) is 1. The van der Waals surface area contributed by atoms with Crippen LogP contribution in [0, 0.1) is 5.92 Å². The molecular formula is C8H16N2O2S. The molecule has 0 saturated heterocycles. The molecule has 0 aromatic heterocycles. The van der Waals surface area contributed by atoms with E-state index < -0.39 is 6.09 Å². The molecule has 0 aromatic carbocycles. The van der Waals surface area contributed by atoms with Crippen LogP contribution < -0.4 is 11.1 Å². The van der Waals surface area contributed by atoms with Crippen LogP contribution in [0.15, 0.2) is 0 Å². The van der Waals surface area contributed by atoms with Crippen molar-refractivity contribution < 1.29 is 9.53 Å². The van der Waals surface area contributed by atoms with Crippen LogP contribution in [-0.4, -0.2) is 23.7 Å². The van der Waals surface area contributed by atoms with Crippen molar-refractivity contribution in [1.29, 1.82) is 0 Å². The lowest BCUT2D eigenvalue weighted by Gasteiger charge is -2.20. The highest BCUT2D eigenvalue weighted by Crippen LogP contribution is 2.01. The number of alkyl carbamates (subject to hydrolysis) is 1. The predicted molar refractivity (Wildman–Crippen MR) is 55.6 cm³/mol. The largest absolute Gasteiger partial charge is 0.450 e. The molecule has 1 unspecified atom stereocenters. The zero-order valence-electron chi connectivity index (χ0n) is 8.16. The highest BCUT2D eigenvalue weighted by molar-refractivity contribution is 7.80. The normalized spacial score (nSPS) is 12.3. The Labute approximate surface area is 83.8 Å². The van der Waals surface area contributed by atoms with Crippen molar-refractivity contribution in [3.8, 4) is 0 Å². The summed E-state index contributed by atoms with van der Waals surface area (Å²) in [6.07, 6.45) is -0.478. The Morgan fingerprint density at radius 2 is 2.15 bits per heavy atom. The van der Waals surface area contributed by atoms with Gasteiger partial charge >= 0.3 is 6.09 Å². The van der Waals surface area contributed by atoms with Crippen LogP contribution in [0.2, 0.25) is 0 Å². The molecule has 0 radical (unpaired) electrons. The number of thiocarbonyl (C=S) groups is 1. The number of carbonyl (C=O) groups is 1. The zero-order valence-corrected chi connectivity index (χ0v) is 8.98. The van der Waals surface area contributed by atoms with E-state index in [1.165, 1.54) is 0 Å². The molecule has 3 N–H and O–H groups in total. The van der Waals surface area contributed by atoms with Crippen LogP contribution in [0.25, 0.3) is 0 Å². The second-order valence-corrected chi connectivity index (χ2v) is 3.46. The van der Waals surface area contributed by atoms with E-state index in [1.54, 1.807) is 6.92 Å². The van der Waals surface area contributed by atoms with Crippen molar-refractivity contribution >= 4 is 23.3 Å². The molecule has 0 aliphatic rings. The quantitative estimate of drug-likeness (QED) is 0.672. The summed E-state index contributed by atoms with van der Waals surface area (Å²) in [4.78, 5) is 11.3. The second kappa shape index (κ2) is 5.75. The van der Waals surface area contributed by atoms with E-state index in [4.69, 9.17) is 22.7 Å². The Balaban J connectivity index is 4.10. The average Bonchev–Trinajstić information content (AvgIpc) is 1.99. The molecule has 0 aromatic rings. The fourth-order valence-electron chi connectivity index (χ4n) is 0.866. The first-order valence-electron chi connectivity index (χ1n) is 4.21. The van der Waals surface area contributed by atoms with Gasteiger partial charge in [-0.1, -0.05) is 26.1 Å². The Hall–Kier alpha value is -0.840. The van der Waals surface area contributed by atoms with E-state index in [9.17, 15) is 4.79 Å². The summed E-state index contributed by atoms with van der Waals surface area (Å²) in [6, 6.07) is -0.297. The van der Waals surface area contributed by atoms with Gasteiger partial charge in [-0.2, -0.15) is 0 Å². The van der Waals surface area contributed by atoms with Gasteiger partial charge in [0.1, 0.15) is 0 Å². The molecule has 1 amide bonds. The zero-order chi connectivity index (χ0) is 10.4. The lowest BCUT2D eigenvalue weighted by Crippen LogP contribution is -2.46. The first-order valence-corrected chi connectivity index (χ1v) is 4.62. The number of nitrogens with two attached hydrogens (primary N) is 1. The molecule has 0 spiro atoms. The highest BCUT2D eigenvalue weighted by atomic mass is 32.1.